The van der Waals surface area contributed by atoms with E-state index < -0.39 is 0 Å². The van der Waals surface area contributed by atoms with E-state index in [4.69, 9.17) is 0 Å². The molecule has 22 heavy (non-hydrogen) atoms. The van der Waals surface area contributed by atoms with Crippen LogP contribution in [0, 0.1) is 13.8 Å². The number of aliphatic hydroxyl groups excluding tert-OH is 1. The molecule has 0 aromatic heterocycles. The van der Waals surface area contributed by atoms with E-state index in [-0.39, 0.29) is 24.3 Å². The molecule has 0 fully saturated rings. The van der Waals surface area contributed by atoms with Crippen LogP contribution in [0.15, 0.2) is 42.5 Å². The molecule has 1 amide bonds. The fourth-order valence-electron chi connectivity index (χ4n) is 2.32. The quantitative estimate of drug-likeness (QED) is 0.793. The molecule has 0 unspecified atom stereocenters. The van der Waals surface area contributed by atoms with Gasteiger partial charge in [-0.25, -0.2) is 0 Å². The summed E-state index contributed by atoms with van der Waals surface area (Å²) in [6, 6.07) is 12.1. The van der Waals surface area contributed by atoms with Crippen molar-refractivity contribution in [2.24, 2.45) is 0 Å². The van der Waals surface area contributed by atoms with Crippen LogP contribution in [0.3, 0.4) is 0 Å². The van der Waals surface area contributed by atoms with E-state index >= 15 is 0 Å². The van der Waals surface area contributed by atoms with Gasteiger partial charge in [-0.2, -0.15) is 0 Å². The number of benzene rings is 2. The molecule has 0 heterocycles. The Hall–Kier alpha value is -2.33. The van der Waals surface area contributed by atoms with Crippen LogP contribution in [-0.2, 0) is 6.42 Å². The third-order valence-corrected chi connectivity index (χ3v) is 3.61. The van der Waals surface area contributed by atoms with Gasteiger partial charge in [0.2, 0.25) is 0 Å². The highest BCUT2D eigenvalue weighted by Gasteiger charge is 2.15. The van der Waals surface area contributed by atoms with Crippen molar-refractivity contribution < 1.29 is 15.0 Å². The molecule has 4 nitrogen and oxygen atoms in total. The summed E-state index contributed by atoms with van der Waals surface area (Å²) in [5, 5.41) is 21.6. The third kappa shape index (κ3) is 4.09. The van der Waals surface area contributed by atoms with Crippen LogP contribution >= 0.6 is 0 Å². The monoisotopic (exact) mass is 299 g/mol. The van der Waals surface area contributed by atoms with E-state index in [1.165, 1.54) is 0 Å². The summed E-state index contributed by atoms with van der Waals surface area (Å²) in [4.78, 5) is 12.4. The van der Waals surface area contributed by atoms with Gasteiger partial charge in [0.1, 0.15) is 5.75 Å². The minimum Gasteiger partial charge on any atom is -0.508 e. The van der Waals surface area contributed by atoms with Crippen LogP contribution in [0.2, 0.25) is 0 Å². The molecule has 3 N–H and O–H groups in total. The van der Waals surface area contributed by atoms with Gasteiger partial charge in [-0.15, -0.1) is 0 Å². The van der Waals surface area contributed by atoms with Gasteiger partial charge in [0, 0.05) is 5.56 Å². The summed E-state index contributed by atoms with van der Waals surface area (Å²) < 4.78 is 0. The zero-order chi connectivity index (χ0) is 16.1. The Morgan fingerprint density at radius 3 is 2.45 bits per heavy atom. The minimum absolute atomic E-state index is 0.141. The van der Waals surface area contributed by atoms with E-state index in [0.29, 0.717) is 12.0 Å². The second kappa shape index (κ2) is 7.09. The molecule has 0 aliphatic carbocycles. The molecule has 116 valence electrons. The number of phenolic OH excluding ortho intramolecular Hbond substituents is 1. The molecule has 0 saturated heterocycles. The summed E-state index contributed by atoms with van der Waals surface area (Å²) in [6.45, 7) is 3.69. The topological polar surface area (TPSA) is 69.6 Å². The van der Waals surface area contributed by atoms with Crippen molar-refractivity contribution in [3.8, 4) is 5.75 Å². The van der Waals surface area contributed by atoms with Crippen molar-refractivity contribution in [2.45, 2.75) is 26.3 Å². The van der Waals surface area contributed by atoms with Crippen LogP contribution in [0.5, 0.6) is 5.75 Å². The van der Waals surface area contributed by atoms with Crippen LogP contribution in [0.4, 0.5) is 0 Å². The van der Waals surface area contributed by atoms with Gasteiger partial charge < -0.3 is 15.5 Å². The number of hydrogen-bond acceptors (Lipinski definition) is 3. The molecule has 2 aromatic rings. The SMILES string of the molecule is Cc1ccc(C)c(C(=O)N[C@H](CO)Cc2ccc(O)cc2)c1. The summed E-state index contributed by atoms with van der Waals surface area (Å²) in [5.74, 6) is 0.0164. The highest BCUT2D eigenvalue weighted by atomic mass is 16.3. The van der Waals surface area contributed by atoms with E-state index in [1.54, 1.807) is 24.3 Å². The number of aromatic hydroxyl groups is 1. The van der Waals surface area contributed by atoms with Gasteiger partial charge in [0.05, 0.1) is 12.6 Å². The van der Waals surface area contributed by atoms with Gasteiger partial charge >= 0.3 is 0 Å². The van der Waals surface area contributed by atoms with Crippen LogP contribution in [0.1, 0.15) is 27.0 Å². The first-order chi connectivity index (χ1) is 10.5. The Bertz CT molecular complexity index is 650. The van der Waals surface area contributed by atoms with Gasteiger partial charge in [0.15, 0.2) is 0 Å². The second-order valence-electron chi connectivity index (χ2n) is 5.54. The standard InChI is InChI=1S/C18H21NO3/c1-12-3-4-13(2)17(9-12)18(22)19-15(11-20)10-14-5-7-16(21)8-6-14/h3-9,15,20-21H,10-11H2,1-2H3,(H,19,22)/t15-/m0/s1. The Morgan fingerprint density at radius 1 is 1.14 bits per heavy atom. The summed E-state index contributed by atoms with van der Waals surface area (Å²) >= 11 is 0. The largest absolute Gasteiger partial charge is 0.508 e. The fourth-order valence-corrected chi connectivity index (χ4v) is 2.32. The summed E-state index contributed by atoms with van der Waals surface area (Å²) in [5.41, 5.74) is 3.50. The Balaban J connectivity index is 2.07. The van der Waals surface area contributed by atoms with Crippen LogP contribution < -0.4 is 5.32 Å². The van der Waals surface area contributed by atoms with Gasteiger partial charge in [0.25, 0.3) is 5.91 Å². The van der Waals surface area contributed by atoms with Crippen molar-refractivity contribution in [3.05, 3.63) is 64.7 Å². The highest BCUT2D eigenvalue weighted by molar-refractivity contribution is 5.96. The number of carbonyl (C=O) groups is 1. The molecule has 0 saturated carbocycles. The van der Waals surface area contributed by atoms with Crippen molar-refractivity contribution in [2.75, 3.05) is 6.61 Å². The van der Waals surface area contributed by atoms with Gasteiger partial charge in [-0.1, -0.05) is 29.8 Å². The smallest absolute Gasteiger partial charge is 0.251 e. The van der Waals surface area contributed by atoms with Gasteiger partial charge in [-0.05, 0) is 49.6 Å². The zero-order valence-electron chi connectivity index (χ0n) is 12.8. The maximum Gasteiger partial charge on any atom is 0.251 e. The number of phenols is 1. The van der Waals surface area contributed by atoms with Crippen molar-refractivity contribution >= 4 is 5.91 Å². The lowest BCUT2D eigenvalue weighted by atomic mass is 10.0. The maximum absolute atomic E-state index is 12.4. The van der Waals surface area contributed by atoms with E-state index in [1.807, 2.05) is 32.0 Å². The molecule has 0 bridgehead atoms. The second-order valence-corrected chi connectivity index (χ2v) is 5.54. The lowest BCUT2D eigenvalue weighted by molar-refractivity contribution is 0.0915. The molecule has 0 radical (unpaired) electrons. The Labute approximate surface area is 130 Å². The van der Waals surface area contributed by atoms with Gasteiger partial charge in [-0.3, -0.25) is 4.79 Å². The van der Waals surface area contributed by atoms with E-state index in [9.17, 15) is 15.0 Å². The maximum atomic E-state index is 12.4. The summed E-state index contributed by atoms with van der Waals surface area (Å²) in [7, 11) is 0. The molecule has 0 spiro atoms. The normalized spacial score (nSPS) is 12.0. The number of hydrogen-bond donors (Lipinski definition) is 3. The van der Waals surface area contributed by atoms with Crippen molar-refractivity contribution in [1.82, 2.24) is 5.32 Å². The molecule has 2 rings (SSSR count). The van der Waals surface area contributed by atoms with Crippen molar-refractivity contribution in [3.63, 3.8) is 0 Å². The predicted molar refractivity (Wildman–Crippen MR) is 86.1 cm³/mol. The number of aliphatic hydroxyl groups is 1. The third-order valence-electron chi connectivity index (χ3n) is 3.61. The molecular formula is C18H21NO3. The molecule has 0 aliphatic rings. The number of nitrogens with one attached hydrogen (secondary N) is 1. The first-order valence-electron chi connectivity index (χ1n) is 7.26. The number of aryl methyl sites for hydroxylation is 2. The Kier molecular flexibility index (Phi) is 5.17. The molecule has 2 aromatic carbocycles. The lowest BCUT2D eigenvalue weighted by Gasteiger charge is -2.17. The molecule has 0 aliphatic heterocycles. The predicted octanol–water partition coefficient (Wildman–Crippen LogP) is 2.34. The van der Waals surface area contributed by atoms with Crippen molar-refractivity contribution in [1.29, 1.82) is 0 Å². The number of amides is 1. The van der Waals surface area contributed by atoms with Crippen LogP contribution in [0.25, 0.3) is 0 Å². The highest BCUT2D eigenvalue weighted by Crippen LogP contribution is 2.13. The number of rotatable bonds is 5. The average molecular weight is 299 g/mol. The lowest BCUT2D eigenvalue weighted by Crippen LogP contribution is -2.39. The minimum atomic E-state index is -0.364. The van der Waals surface area contributed by atoms with E-state index in [0.717, 1.165) is 16.7 Å². The molecular weight excluding hydrogens is 278 g/mol. The van der Waals surface area contributed by atoms with Crippen LogP contribution in [-0.4, -0.2) is 28.8 Å². The first-order valence-corrected chi connectivity index (χ1v) is 7.26. The van der Waals surface area contributed by atoms with E-state index in [2.05, 4.69) is 5.32 Å². The molecule has 1 atom stereocenters. The zero-order valence-corrected chi connectivity index (χ0v) is 12.8. The molecule has 4 heteroatoms. The summed E-state index contributed by atoms with van der Waals surface area (Å²) in [6.07, 6.45) is 0.507. The Morgan fingerprint density at radius 2 is 1.82 bits per heavy atom. The average Bonchev–Trinajstić information content (AvgIpc) is 2.51. The fraction of sp³-hybridized carbons (Fsp3) is 0.278. The number of carbonyl (C=O) groups excluding carboxylic acids is 1. The first kappa shape index (κ1) is 16.0.